The van der Waals surface area contributed by atoms with Gasteiger partial charge in [-0.3, -0.25) is 4.79 Å². The van der Waals surface area contributed by atoms with Crippen molar-refractivity contribution in [2.24, 2.45) is 10.9 Å². The number of hydrogen-bond donors (Lipinski definition) is 3. The fraction of sp³-hybridized carbons (Fsp3) is 0.0769. The van der Waals surface area contributed by atoms with Gasteiger partial charge in [0.2, 0.25) is 0 Å². The van der Waals surface area contributed by atoms with E-state index in [-0.39, 0.29) is 11.7 Å². The lowest BCUT2D eigenvalue weighted by molar-refractivity contribution is 0.102. The molecule has 0 aliphatic rings. The molecule has 0 unspecified atom stereocenters. The number of rotatable bonds is 3. The summed E-state index contributed by atoms with van der Waals surface area (Å²) in [7, 11) is 0. The first-order valence-electron chi connectivity index (χ1n) is 5.54. The molecule has 1 amide bonds. The average Bonchev–Trinajstić information content (AvgIpc) is 2.85. The number of nitrogens with two attached hydrogens (primary N) is 1. The van der Waals surface area contributed by atoms with Crippen LogP contribution in [0.1, 0.15) is 21.5 Å². The number of thiophene rings is 1. The van der Waals surface area contributed by atoms with Crippen LogP contribution < -0.4 is 11.1 Å². The summed E-state index contributed by atoms with van der Waals surface area (Å²) in [6.07, 6.45) is 0. The second kappa shape index (κ2) is 5.53. The minimum Gasteiger partial charge on any atom is -0.409 e. The van der Waals surface area contributed by atoms with E-state index in [2.05, 4.69) is 10.5 Å². The molecule has 0 atom stereocenters. The van der Waals surface area contributed by atoms with Gasteiger partial charge in [0, 0.05) is 10.9 Å². The number of carbonyl (C=O) groups is 1. The van der Waals surface area contributed by atoms with Crippen LogP contribution in [0.4, 0.5) is 5.69 Å². The van der Waals surface area contributed by atoms with Gasteiger partial charge in [0.05, 0.1) is 11.3 Å². The summed E-state index contributed by atoms with van der Waals surface area (Å²) in [6.45, 7) is 1.88. The molecule has 0 radical (unpaired) electrons. The molecule has 0 bridgehead atoms. The fourth-order valence-electron chi connectivity index (χ4n) is 1.65. The van der Waals surface area contributed by atoms with Crippen LogP contribution in [-0.2, 0) is 0 Å². The van der Waals surface area contributed by atoms with Crippen LogP contribution in [0.5, 0.6) is 0 Å². The predicted molar refractivity (Wildman–Crippen MR) is 76.0 cm³/mol. The average molecular weight is 275 g/mol. The Kier molecular flexibility index (Phi) is 3.82. The first kappa shape index (κ1) is 13.1. The number of para-hydroxylation sites is 1. The van der Waals surface area contributed by atoms with Crippen molar-refractivity contribution in [1.29, 1.82) is 0 Å². The van der Waals surface area contributed by atoms with Crippen LogP contribution in [0.2, 0.25) is 0 Å². The SMILES string of the molecule is Cc1cscc1C(=O)Nc1ccccc1C(N)=NO. The zero-order chi connectivity index (χ0) is 13.8. The Morgan fingerprint density at radius 3 is 2.68 bits per heavy atom. The molecule has 0 fully saturated rings. The lowest BCUT2D eigenvalue weighted by atomic mass is 10.1. The molecular formula is C13H13N3O2S. The number of oxime groups is 1. The number of anilines is 1. The standard InChI is InChI=1S/C13H13N3O2S/c1-8-6-19-7-10(8)13(17)15-11-5-3-2-4-9(11)12(14)16-18/h2-7,18H,1H3,(H2,14,16)(H,15,17). The van der Waals surface area contributed by atoms with Gasteiger partial charge < -0.3 is 16.3 Å². The number of nitrogens with zero attached hydrogens (tertiary/aromatic N) is 1. The molecule has 1 aromatic carbocycles. The molecule has 1 aromatic heterocycles. The fourth-order valence-corrected chi connectivity index (χ4v) is 2.48. The highest BCUT2D eigenvalue weighted by molar-refractivity contribution is 7.08. The van der Waals surface area contributed by atoms with Crippen LogP contribution in [0.3, 0.4) is 0 Å². The summed E-state index contributed by atoms with van der Waals surface area (Å²) in [6, 6.07) is 6.89. The third-order valence-corrected chi connectivity index (χ3v) is 3.52. The molecule has 0 aliphatic heterocycles. The van der Waals surface area contributed by atoms with Crippen LogP contribution in [-0.4, -0.2) is 17.0 Å². The van der Waals surface area contributed by atoms with Gasteiger partial charge in [0.25, 0.3) is 5.91 Å². The van der Waals surface area contributed by atoms with Gasteiger partial charge in [-0.25, -0.2) is 0 Å². The molecule has 98 valence electrons. The number of aryl methyl sites for hydroxylation is 1. The lowest BCUT2D eigenvalue weighted by Gasteiger charge is -2.09. The number of benzene rings is 1. The van der Waals surface area contributed by atoms with E-state index in [0.717, 1.165) is 5.56 Å². The Bertz CT molecular complexity index is 634. The Labute approximate surface area is 114 Å². The summed E-state index contributed by atoms with van der Waals surface area (Å²) in [4.78, 5) is 12.1. The van der Waals surface area contributed by atoms with Crippen LogP contribution >= 0.6 is 11.3 Å². The molecule has 0 saturated heterocycles. The highest BCUT2D eigenvalue weighted by Gasteiger charge is 2.13. The summed E-state index contributed by atoms with van der Waals surface area (Å²) in [5.41, 5.74) is 8.10. The van der Waals surface area contributed by atoms with E-state index in [1.807, 2.05) is 12.3 Å². The summed E-state index contributed by atoms with van der Waals surface area (Å²) in [5.74, 6) is -0.255. The van der Waals surface area contributed by atoms with E-state index in [9.17, 15) is 4.79 Å². The maximum absolute atomic E-state index is 12.1. The molecule has 1 heterocycles. The minimum atomic E-state index is -0.211. The van der Waals surface area contributed by atoms with E-state index in [0.29, 0.717) is 16.8 Å². The second-order valence-corrected chi connectivity index (χ2v) is 4.70. The molecular weight excluding hydrogens is 262 g/mol. The topological polar surface area (TPSA) is 87.7 Å². The molecule has 2 rings (SSSR count). The molecule has 4 N–H and O–H groups in total. The van der Waals surface area contributed by atoms with Crippen LogP contribution in [0.25, 0.3) is 0 Å². The van der Waals surface area contributed by atoms with Crippen molar-refractivity contribution < 1.29 is 10.0 Å². The largest absolute Gasteiger partial charge is 0.409 e. The number of nitrogens with one attached hydrogen (secondary N) is 1. The monoisotopic (exact) mass is 275 g/mol. The Morgan fingerprint density at radius 1 is 1.32 bits per heavy atom. The second-order valence-electron chi connectivity index (χ2n) is 3.95. The Hall–Kier alpha value is -2.34. The van der Waals surface area contributed by atoms with Crippen molar-refractivity contribution in [1.82, 2.24) is 0 Å². The number of carbonyl (C=O) groups excluding carboxylic acids is 1. The van der Waals surface area contributed by atoms with Gasteiger partial charge in [-0.15, -0.1) is 0 Å². The summed E-state index contributed by atoms with van der Waals surface area (Å²) in [5, 5.41) is 18.1. The maximum atomic E-state index is 12.1. The van der Waals surface area contributed by atoms with E-state index in [1.165, 1.54) is 11.3 Å². The molecule has 0 spiro atoms. The predicted octanol–water partition coefficient (Wildman–Crippen LogP) is 2.40. The molecule has 5 nitrogen and oxygen atoms in total. The van der Waals surface area contributed by atoms with E-state index < -0.39 is 0 Å². The van der Waals surface area contributed by atoms with E-state index in [1.54, 1.807) is 29.6 Å². The van der Waals surface area contributed by atoms with Gasteiger partial charge in [-0.05, 0) is 30.0 Å². The number of hydrogen-bond acceptors (Lipinski definition) is 4. The zero-order valence-electron chi connectivity index (χ0n) is 10.3. The number of amidine groups is 1. The third kappa shape index (κ3) is 2.74. The zero-order valence-corrected chi connectivity index (χ0v) is 11.1. The normalized spacial score (nSPS) is 11.3. The Morgan fingerprint density at radius 2 is 2.05 bits per heavy atom. The quantitative estimate of drug-likeness (QED) is 0.348. The van der Waals surface area contributed by atoms with Gasteiger partial charge in [0.1, 0.15) is 0 Å². The third-order valence-electron chi connectivity index (χ3n) is 2.66. The minimum absolute atomic E-state index is 0.0436. The molecule has 0 aliphatic carbocycles. The van der Waals surface area contributed by atoms with Gasteiger partial charge in [-0.1, -0.05) is 17.3 Å². The highest BCUT2D eigenvalue weighted by atomic mass is 32.1. The van der Waals surface area contributed by atoms with Crippen molar-refractivity contribution in [3.05, 3.63) is 51.7 Å². The molecule has 6 heteroatoms. The van der Waals surface area contributed by atoms with Crippen molar-refractivity contribution in [2.75, 3.05) is 5.32 Å². The van der Waals surface area contributed by atoms with Gasteiger partial charge in [-0.2, -0.15) is 11.3 Å². The first-order chi connectivity index (χ1) is 9.13. The van der Waals surface area contributed by atoms with E-state index in [4.69, 9.17) is 10.9 Å². The molecule has 2 aromatic rings. The molecule has 0 saturated carbocycles. The lowest BCUT2D eigenvalue weighted by Crippen LogP contribution is -2.19. The molecule has 19 heavy (non-hydrogen) atoms. The van der Waals surface area contributed by atoms with Crippen LogP contribution in [0.15, 0.2) is 40.2 Å². The summed E-state index contributed by atoms with van der Waals surface area (Å²) < 4.78 is 0. The summed E-state index contributed by atoms with van der Waals surface area (Å²) >= 11 is 1.47. The number of amides is 1. The Balaban J connectivity index is 2.30. The smallest absolute Gasteiger partial charge is 0.256 e. The van der Waals surface area contributed by atoms with Crippen LogP contribution in [0, 0.1) is 6.92 Å². The van der Waals surface area contributed by atoms with Crippen molar-refractivity contribution in [3.8, 4) is 0 Å². The van der Waals surface area contributed by atoms with Crippen molar-refractivity contribution in [2.45, 2.75) is 6.92 Å². The van der Waals surface area contributed by atoms with Gasteiger partial charge in [0.15, 0.2) is 5.84 Å². The van der Waals surface area contributed by atoms with Crippen molar-refractivity contribution >= 4 is 28.8 Å². The van der Waals surface area contributed by atoms with E-state index >= 15 is 0 Å². The first-order valence-corrected chi connectivity index (χ1v) is 6.49. The van der Waals surface area contributed by atoms with Gasteiger partial charge >= 0.3 is 0 Å². The highest BCUT2D eigenvalue weighted by Crippen LogP contribution is 2.19. The maximum Gasteiger partial charge on any atom is 0.256 e. The van der Waals surface area contributed by atoms with Crippen molar-refractivity contribution in [3.63, 3.8) is 0 Å².